The van der Waals surface area contributed by atoms with Crippen LogP contribution in [0.4, 0.5) is 10.1 Å². The van der Waals surface area contributed by atoms with Crippen LogP contribution in [0.3, 0.4) is 0 Å². The molecular weight excluding hydrogens is 251 g/mol. The molecule has 102 valence electrons. The van der Waals surface area contributed by atoms with Gasteiger partial charge in [0.1, 0.15) is 5.82 Å². The van der Waals surface area contributed by atoms with Crippen molar-refractivity contribution in [2.75, 3.05) is 19.0 Å². The van der Waals surface area contributed by atoms with Gasteiger partial charge in [-0.15, -0.1) is 0 Å². The third kappa shape index (κ3) is 3.36. The molecule has 3 heteroatoms. The minimum atomic E-state index is -0.330. The fraction of sp³-hybridized carbons (Fsp3) is 0.235. The Kier molecular flexibility index (Phi) is 4.37. The predicted molar refractivity (Wildman–Crippen MR) is 79.2 cm³/mol. The first-order chi connectivity index (χ1) is 9.60. The van der Waals surface area contributed by atoms with E-state index in [-0.39, 0.29) is 11.7 Å². The van der Waals surface area contributed by atoms with Gasteiger partial charge in [0, 0.05) is 19.8 Å². The van der Waals surface area contributed by atoms with E-state index in [1.54, 1.807) is 12.1 Å². The van der Waals surface area contributed by atoms with Gasteiger partial charge < -0.3 is 4.90 Å². The summed E-state index contributed by atoms with van der Waals surface area (Å²) >= 11 is 0. The molecule has 2 nitrogen and oxygen atoms in total. The number of hydrogen-bond acceptors (Lipinski definition) is 2. The Hall–Kier alpha value is -2.34. The Morgan fingerprint density at radius 2 is 1.90 bits per heavy atom. The van der Waals surface area contributed by atoms with Gasteiger partial charge in [-0.25, -0.2) is 4.39 Å². The van der Waals surface area contributed by atoms with Crippen molar-refractivity contribution in [3.8, 4) is 6.07 Å². The molecule has 0 N–H and O–H groups in total. The van der Waals surface area contributed by atoms with Gasteiger partial charge in [0.05, 0.1) is 12.0 Å². The molecule has 0 saturated heterocycles. The maximum absolute atomic E-state index is 13.3. The van der Waals surface area contributed by atoms with E-state index in [0.717, 1.165) is 16.8 Å². The Bertz CT molecular complexity index is 629. The monoisotopic (exact) mass is 268 g/mol. The summed E-state index contributed by atoms with van der Waals surface area (Å²) in [5.74, 6) is -0.632. The first-order valence-electron chi connectivity index (χ1n) is 6.51. The highest BCUT2D eigenvalue weighted by molar-refractivity contribution is 5.47. The van der Waals surface area contributed by atoms with Gasteiger partial charge in [-0.1, -0.05) is 24.3 Å². The molecule has 1 atom stereocenters. The van der Waals surface area contributed by atoms with Crippen LogP contribution in [0.25, 0.3) is 0 Å². The molecule has 0 heterocycles. The smallest absolute Gasteiger partial charge is 0.123 e. The van der Waals surface area contributed by atoms with Crippen LogP contribution in [0.2, 0.25) is 0 Å². The second-order valence-electron chi connectivity index (χ2n) is 5.01. The van der Waals surface area contributed by atoms with E-state index >= 15 is 0 Å². The normalized spacial score (nSPS) is 11.7. The van der Waals surface area contributed by atoms with Crippen molar-refractivity contribution in [1.82, 2.24) is 0 Å². The molecule has 0 aliphatic rings. The average molecular weight is 268 g/mol. The molecule has 0 fully saturated rings. The number of halogens is 1. The van der Waals surface area contributed by atoms with E-state index in [1.165, 1.54) is 12.1 Å². The van der Waals surface area contributed by atoms with Gasteiger partial charge in [-0.2, -0.15) is 5.26 Å². The number of hydrogen-bond donors (Lipinski definition) is 0. The summed E-state index contributed by atoms with van der Waals surface area (Å²) in [7, 11) is 3.96. The van der Waals surface area contributed by atoms with E-state index in [9.17, 15) is 9.65 Å². The summed E-state index contributed by atoms with van der Waals surface area (Å²) < 4.78 is 13.3. The molecule has 0 aliphatic carbocycles. The number of nitriles is 1. The lowest BCUT2D eigenvalue weighted by molar-refractivity contribution is 0.623. The Morgan fingerprint density at radius 1 is 1.15 bits per heavy atom. The van der Waals surface area contributed by atoms with Gasteiger partial charge >= 0.3 is 0 Å². The van der Waals surface area contributed by atoms with E-state index in [4.69, 9.17) is 0 Å². The molecule has 0 radical (unpaired) electrons. The molecule has 1 unspecified atom stereocenters. The third-order valence-corrected chi connectivity index (χ3v) is 3.27. The standard InChI is InChI=1S/C17H17FN2/c1-20(2)17-8-3-5-13(10-17)9-15(12-19)14-6-4-7-16(18)11-14/h3-8,10-11,15H,9H2,1-2H3. The molecular formula is C17H17FN2. The zero-order valence-corrected chi connectivity index (χ0v) is 11.7. The van der Waals surface area contributed by atoms with Crippen LogP contribution in [0.15, 0.2) is 48.5 Å². The molecule has 2 aromatic carbocycles. The van der Waals surface area contributed by atoms with Crippen molar-refractivity contribution in [2.45, 2.75) is 12.3 Å². The highest BCUT2D eigenvalue weighted by Crippen LogP contribution is 2.23. The molecule has 0 bridgehead atoms. The van der Waals surface area contributed by atoms with Crippen molar-refractivity contribution in [2.24, 2.45) is 0 Å². The van der Waals surface area contributed by atoms with Crippen LogP contribution >= 0.6 is 0 Å². The van der Waals surface area contributed by atoms with Crippen LogP contribution in [0.5, 0.6) is 0 Å². The summed E-state index contributed by atoms with van der Waals surface area (Å²) in [6, 6.07) is 16.6. The summed E-state index contributed by atoms with van der Waals surface area (Å²) in [5.41, 5.74) is 2.90. The number of anilines is 1. The largest absolute Gasteiger partial charge is 0.378 e. The lowest BCUT2D eigenvalue weighted by atomic mass is 9.93. The fourth-order valence-corrected chi connectivity index (χ4v) is 2.16. The molecule has 0 amide bonds. The SMILES string of the molecule is CN(C)c1cccc(CC(C#N)c2cccc(F)c2)c1. The topological polar surface area (TPSA) is 27.0 Å². The predicted octanol–water partition coefficient (Wildman–Crippen LogP) is 3.74. The van der Waals surface area contributed by atoms with Crippen molar-refractivity contribution in [3.05, 3.63) is 65.5 Å². The second-order valence-corrected chi connectivity index (χ2v) is 5.01. The molecule has 2 aromatic rings. The van der Waals surface area contributed by atoms with Gasteiger partial charge in [0.15, 0.2) is 0 Å². The number of nitrogens with zero attached hydrogens (tertiary/aromatic N) is 2. The van der Waals surface area contributed by atoms with E-state index < -0.39 is 0 Å². The minimum absolute atomic E-state index is 0.301. The molecule has 20 heavy (non-hydrogen) atoms. The highest BCUT2D eigenvalue weighted by Gasteiger charge is 2.12. The average Bonchev–Trinajstić information content (AvgIpc) is 2.45. The van der Waals surface area contributed by atoms with Crippen LogP contribution in [0.1, 0.15) is 17.0 Å². The van der Waals surface area contributed by atoms with E-state index in [1.807, 2.05) is 37.2 Å². The van der Waals surface area contributed by atoms with Crippen molar-refractivity contribution < 1.29 is 4.39 Å². The van der Waals surface area contributed by atoms with Gasteiger partial charge in [-0.3, -0.25) is 0 Å². The van der Waals surface area contributed by atoms with Crippen molar-refractivity contribution in [1.29, 1.82) is 5.26 Å². The first kappa shape index (κ1) is 14.1. The molecule has 0 saturated carbocycles. The fourth-order valence-electron chi connectivity index (χ4n) is 2.16. The first-order valence-corrected chi connectivity index (χ1v) is 6.51. The van der Waals surface area contributed by atoms with E-state index in [2.05, 4.69) is 12.1 Å². The zero-order chi connectivity index (χ0) is 14.5. The Morgan fingerprint density at radius 3 is 2.55 bits per heavy atom. The van der Waals surface area contributed by atoms with Crippen LogP contribution in [0, 0.1) is 17.1 Å². The lowest BCUT2D eigenvalue weighted by Crippen LogP contribution is -2.09. The Balaban J connectivity index is 2.23. The summed E-state index contributed by atoms with van der Waals surface area (Å²) in [4.78, 5) is 2.02. The third-order valence-electron chi connectivity index (χ3n) is 3.27. The van der Waals surface area contributed by atoms with Crippen molar-refractivity contribution in [3.63, 3.8) is 0 Å². The van der Waals surface area contributed by atoms with Crippen molar-refractivity contribution >= 4 is 5.69 Å². The molecule has 0 aromatic heterocycles. The maximum atomic E-state index is 13.3. The maximum Gasteiger partial charge on any atom is 0.123 e. The van der Waals surface area contributed by atoms with E-state index in [0.29, 0.717) is 6.42 Å². The second kappa shape index (κ2) is 6.21. The number of benzene rings is 2. The molecule has 2 rings (SSSR count). The quantitative estimate of drug-likeness (QED) is 0.844. The summed E-state index contributed by atoms with van der Waals surface area (Å²) in [5, 5.41) is 9.33. The van der Waals surface area contributed by atoms with Crippen LogP contribution < -0.4 is 4.90 Å². The lowest BCUT2D eigenvalue weighted by Gasteiger charge is -2.15. The molecule has 0 aliphatic heterocycles. The minimum Gasteiger partial charge on any atom is -0.378 e. The number of rotatable bonds is 4. The van der Waals surface area contributed by atoms with Gasteiger partial charge in [-0.05, 0) is 41.8 Å². The van der Waals surface area contributed by atoms with Crippen LogP contribution in [-0.4, -0.2) is 14.1 Å². The van der Waals surface area contributed by atoms with Crippen LogP contribution in [-0.2, 0) is 6.42 Å². The van der Waals surface area contributed by atoms with Gasteiger partial charge in [0.2, 0.25) is 0 Å². The zero-order valence-electron chi connectivity index (χ0n) is 11.7. The summed E-state index contributed by atoms with van der Waals surface area (Å²) in [6.07, 6.45) is 0.585. The molecule has 0 spiro atoms. The highest BCUT2D eigenvalue weighted by atomic mass is 19.1. The summed E-state index contributed by atoms with van der Waals surface area (Å²) in [6.45, 7) is 0. The van der Waals surface area contributed by atoms with Gasteiger partial charge in [0.25, 0.3) is 0 Å². The Labute approximate surface area is 119 Å².